The van der Waals surface area contributed by atoms with E-state index in [2.05, 4.69) is 13.8 Å². The van der Waals surface area contributed by atoms with Crippen LogP contribution in [0.15, 0.2) is 54.6 Å². The van der Waals surface area contributed by atoms with Crippen LogP contribution in [0.1, 0.15) is 63.9 Å². The lowest BCUT2D eigenvalue weighted by atomic mass is 9.86. The minimum Gasteiger partial charge on any atom is -0.490 e. The van der Waals surface area contributed by atoms with Gasteiger partial charge in [0.2, 0.25) is 5.82 Å². The third kappa shape index (κ3) is 5.88. The molecular formula is C31H37F3OSi. The lowest BCUT2D eigenvalue weighted by Gasteiger charge is -2.29. The smallest absolute Gasteiger partial charge is 0.201 e. The molecule has 0 aromatic heterocycles. The average Bonchev–Trinajstić information content (AvgIpc) is 2.90. The number of hydrogen-bond donors (Lipinski definition) is 0. The van der Waals surface area contributed by atoms with Gasteiger partial charge in [0.15, 0.2) is 11.6 Å². The fourth-order valence-electron chi connectivity index (χ4n) is 5.57. The van der Waals surface area contributed by atoms with Crippen LogP contribution in [0.2, 0.25) is 18.1 Å². The van der Waals surface area contributed by atoms with Crippen molar-refractivity contribution in [3.63, 3.8) is 0 Å². The minimum absolute atomic E-state index is 0.0549. The van der Waals surface area contributed by atoms with Gasteiger partial charge in [-0.2, -0.15) is 4.39 Å². The fourth-order valence-corrected chi connectivity index (χ4v) is 9.00. The Bertz CT molecular complexity index is 1140. The summed E-state index contributed by atoms with van der Waals surface area (Å²) in [6.07, 6.45) is 5.95. The number of unbranched alkanes of at least 4 members (excludes halogenated alkanes) is 2. The summed E-state index contributed by atoms with van der Waals surface area (Å²) >= 11 is 0. The number of hydrogen-bond acceptors (Lipinski definition) is 1. The van der Waals surface area contributed by atoms with Crippen LogP contribution in [0.25, 0.3) is 22.3 Å². The van der Waals surface area contributed by atoms with Gasteiger partial charge in [-0.1, -0.05) is 93.7 Å². The Kier molecular flexibility index (Phi) is 9.30. The van der Waals surface area contributed by atoms with Gasteiger partial charge in [-0.3, -0.25) is 0 Å². The summed E-state index contributed by atoms with van der Waals surface area (Å²) in [7, 11) is -0.716. The minimum atomic E-state index is -1.06. The fraction of sp³-hybridized carbons (Fsp3) is 0.419. The van der Waals surface area contributed by atoms with Gasteiger partial charge in [0.05, 0.1) is 6.61 Å². The molecule has 1 aliphatic rings. The van der Waals surface area contributed by atoms with Crippen LogP contribution in [0.5, 0.6) is 5.75 Å². The van der Waals surface area contributed by atoms with E-state index in [1.54, 1.807) is 0 Å². The second-order valence-corrected chi connectivity index (χ2v) is 13.5. The van der Waals surface area contributed by atoms with E-state index in [1.807, 2.05) is 42.5 Å². The van der Waals surface area contributed by atoms with Crippen molar-refractivity contribution in [1.29, 1.82) is 0 Å². The van der Waals surface area contributed by atoms with Crippen molar-refractivity contribution in [2.75, 3.05) is 6.61 Å². The Hall–Kier alpha value is -2.53. The molecule has 4 rings (SSSR count). The van der Waals surface area contributed by atoms with E-state index in [-0.39, 0.29) is 22.8 Å². The Morgan fingerprint density at radius 1 is 0.778 bits per heavy atom. The molecule has 0 spiro atoms. The van der Waals surface area contributed by atoms with E-state index in [1.165, 1.54) is 36.7 Å². The van der Waals surface area contributed by atoms with Crippen molar-refractivity contribution in [1.82, 2.24) is 0 Å². The lowest BCUT2D eigenvalue weighted by Crippen LogP contribution is -2.20. The molecule has 0 radical (unpaired) electrons. The Balaban J connectivity index is 1.74. The summed E-state index contributed by atoms with van der Waals surface area (Å²) in [5, 5.41) is 0. The van der Waals surface area contributed by atoms with Gasteiger partial charge in [-0.05, 0) is 54.0 Å². The number of benzene rings is 3. The van der Waals surface area contributed by atoms with E-state index in [9.17, 15) is 0 Å². The molecule has 3 aromatic rings. The van der Waals surface area contributed by atoms with Crippen LogP contribution in [0.3, 0.4) is 0 Å². The van der Waals surface area contributed by atoms with Crippen LogP contribution in [-0.2, 0) is 0 Å². The van der Waals surface area contributed by atoms with Crippen molar-refractivity contribution >= 4 is 8.80 Å². The van der Waals surface area contributed by atoms with Gasteiger partial charge < -0.3 is 4.74 Å². The summed E-state index contributed by atoms with van der Waals surface area (Å²) < 4.78 is 52.4. The van der Waals surface area contributed by atoms with Gasteiger partial charge in [-0.25, -0.2) is 8.78 Å². The highest BCUT2D eigenvalue weighted by atomic mass is 28.3. The first-order valence-corrected chi connectivity index (χ1v) is 16.0. The molecule has 5 heteroatoms. The normalized spacial score (nSPS) is 17.8. The molecule has 0 N–H and O–H groups in total. The molecule has 0 saturated carbocycles. The Morgan fingerprint density at radius 2 is 1.50 bits per heavy atom. The van der Waals surface area contributed by atoms with E-state index in [4.69, 9.17) is 4.74 Å². The van der Waals surface area contributed by atoms with Crippen molar-refractivity contribution in [2.24, 2.45) is 0 Å². The highest BCUT2D eigenvalue weighted by Gasteiger charge is 2.28. The largest absolute Gasteiger partial charge is 0.490 e. The molecule has 0 atom stereocenters. The van der Waals surface area contributed by atoms with Crippen LogP contribution in [0, 0.1) is 17.5 Å². The van der Waals surface area contributed by atoms with Gasteiger partial charge in [-0.15, -0.1) is 0 Å². The van der Waals surface area contributed by atoms with Gasteiger partial charge >= 0.3 is 0 Å². The van der Waals surface area contributed by atoms with Crippen molar-refractivity contribution in [2.45, 2.75) is 76.4 Å². The van der Waals surface area contributed by atoms with E-state index < -0.39 is 26.2 Å². The summed E-state index contributed by atoms with van der Waals surface area (Å²) in [5.74, 6) is -2.53. The quantitative estimate of drug-likeness (QED) is 0.195. The zero-order valence-electron chi connectivity index (χ0n) is 21.5. The standard InChI is InChI=1S/C31H37F3OSi/c1-3-5-9-18-35-27-15-14-26(30(33)31(27)34)28-24(22-10-7-6-8-11-22)12-13-25(29(28)32)23-16-20-36(19-4-2)21-17-23/h6-8,10-15,23,36H,3-5,9,16-21H2,1-2H3/t23-,36-. The van der Waals surface area contributed by atoms with Crippen LogP contribution >= 0.6 is 0 Å². The highest BCUT2D eigenvalue weighted by molar-refractivity contribution is 6.59. The first-order valence-electron chi connectivity index (χ1n) is 13.5. The molecular weight excluding hydrogens is 473 g/mol. The van der Waals surface area contributed by atoms with Crippen LogP contribution in [-0.4, -0.2) is 15.4 Å². The van der Waals surface area contributed by atoms with E-state index in [0.29, 0.717) is 17.7 Å². The third-order valence-corrected chi connectivity index (χ3v) is 11.3. The summed E-state index contributed by atoms with van der Waals surface area (Å²) in [6, 6.07) is 19.8. The second-order valence-electron chi connectivity index (χ2n) is 10.1. The topological polar surface area (TPSA) is 9.23 Å². The molecule has 1 heterocycles. The van der Waals surface area contributed by atoms with Crippen molar-refractivity contribution < 1.29 is 17.9 Å². The number of ether oxygens (including phenoxy) is 1. The second kappa shape index (κ2) is 12.6. The maximum Gasteiger partial charge on any atom is 0.201 e. The zero-order valence-corrected chi connectivity index (χ0v) is 22.6. The molecule has 36 heavy (non-hydrogen) atoms. The molecule has 3 aromatic carbocycles. The predicted molar refractivity (Wildman–Crippen MR) is 146 cm³/mol. The monoisotopic (exact) mass is 510 g/mol. The zero-order chi connectivity index (χ0) is 25.5. The molecule has 0 unspecified atom stereocenters. The van der Waals surface area contributed by atoms with Gasteiger partial charge in [0, 0.05) is 19.9 Å². The Labute approximate surface area is 215 Å². The van der Waals surface area contributed by atoms with Crippen molar-refractivity contribution in [3.8, 4) is 28.0 Å². The first-order chi connectivity index (χ1) is 17.5. The molecule has 1 saturated heterocycles. The number of halogens is 3. The van der Waals surface area contributed by atoms with E-state index >= 15 is 13.2 Å². The predicted octanol–water partition coefficient (Wildman–Crippen LogP) is 9.52. The maximum atomic E-state index is 16.3. The van der Waals surface area contributed by atoms with Crippen LogP contribution in [0.4, 0.5) is 13.2 Å². The maximum absolute atomic E-state index is 16.3. The summed E-state index contributed by atoms with van der Waals surface area (Å²) in [5.41, 5.74) is 2.06. The average molecular weight is 511 g/mol. The number of rotatable bonds is 10. The van der Waals surface area contributed by atoms with Crippen LogP contribution < -0.4 is 4.74 Å². The molecule has 1 fully saturated rings. The Morgan fingerprint density at radius 3 is 2.19 bits per heavy atom. The molecule has 1 aliphatic heterocycles. The molecule has 192 valence electrons. The van der Waals surface area contributed by atoms with E-state index in [0.717, 1.165) is 37.7 Å². The highest BCUT2D eigenvalue weighted by Crippen LogP contribution is 2.43. The van der Waals surface area contributed by atoms with Gasteiger partial charge in [0.25, 0.3) is 0 Å². The molecule has 0 aliphatic carbocycles. The van der Waals surface area contributed by atoms with Gasteiger partial charge in [0.1, 0.15) is 5.82 Å². The SMILES string of the molecule is CCCCCOc1ccc(-c2c(-c3ccccc3)ccc([C@H]3CC[Si@H](CCC)CC3)c2F)c(F)c1F. The third-order valence-electron chi connectivity index (χ3n) is 7.56. The summed E-state index contributed by atoms with van der Waals surface area (Å²) in [4.78, 5) is 0. The molecule has 1 nitrogen and oxygen atoms in total. The summed E-state index contributed by atoms with van der Waals surface area (Å²) in [6.45, 7) is 4.63. The molecule has 0 amide bonds. The first kappa shape index (κ1) is 26.5. The molecule has 0 bridgehead atoms. The lowest BCUT2D eigenvalue weighted by molar-refractivity contribution is 0.286. The van der Waals surface area contributed by atoms with Crippen molar-refractivity contribution in [3.05, 3.63) is 77.6 Å².